The molecule has 0 aromatic heterocycles. The Balaban J connectivity index is 0.000000258. The first-order valence-corrected chi connectivity index (χ1v) is 25.7. The molecule has 0 fully saturated rings. The van der Waals surface area contributed by atoms with Crippen molar-refractivity contribution in [2.75, 3.05) is 25.1 Å². The number of nitrogens with zero attached hydrogens (tertiary/aromatic N) is 2. The summed E-state index contributed by atoms with van der Waals surface area (Å²) in [5, 5.41) is 2.54. The Kier molecular flexibility index (Phi) is 31.4. The standard InChI is InChI=1S/2C17H20N2O2.C14H22N2O2.C10H15NS/c18-17(11-15-7-3-1-4-8-15)12-19(14-20)21-13-16-9-5-2-6-10-16;18-16(11-14-7-3-1-4-8-14)12-17(20)19-21-13-15-9-5-2-6-10-15;1-12(2)8-14(15)9-16(11-17)18-10-13-6-4-3-5-7-13;1-12-8-10(11)7-9-5-3-2-4-6-9/h1-10,14,17H,11-13,18H2;1-10,16H,11-13,18H2,(H,19,20);3-7,11-12,14H,8-10,15H2,1-2H3;2-6,10H,7-8,11H2,1H3. The van der Waals surface area contributed by atoms with Crippen LogP contribution in [0.15, 0.2) is 182 Å². The zero-order chi connectivity index (χ0) is 52.0. The number of benzene rings is 6. The average molecular weight is 1000 g/mol. The first kappa shape index (κ1) is 60.1. The second-order valence-electron chi connectivity index (χ2n) is 17.6. The lowest BCUT2D eigenvalue weighted by Gasteiger charge is -2.22. The molecule has 6 aromatic rings. The van der Waals surface area contributed by atoms with Crippen molar-refractivity contribution in [3.63, 3.8) is 0 Å². The van der Waals surface area contributed by atoms with E-state index in [4.69, 9.17) is 37.4 Å². The maximum absolute atomic E-state index is 11.7. The monoisotopic (exact) mass is 1000 g/mol. The Morgan fingerprint density at radius 3 is 1.19 bits per heavy atom. The Morgan fingerprint density at radius 2 is 0.833 bits per heavy atom. The van der Waals surface area contributed by atoms with Gasteiger partial charge in [-0.25, -0.2) is 15.6 Å². The number of thioether (sulfide) groups is 1. The zero-order valence-corrected chi connectivity index (χ0v) is 43.0. The largest absolute Gasteiger partial charge is 0.327 e. The van der Waals surface area contributed by atoms with Crippen LogP contribution in [0, 0.1) is 5.92 Å². The van der Waals surface area contributed by atoms with Gasteiger partial charge in [0.1, 0.15) is 13.2 Å². The van der Waals surface area contributed by atoms with E-state index in [9.17, 15) is 14.4 Å². The third-order valence-corrected chi connectivity index (χ3v) is 11.2. The van der Waals surface area contributed by atoms with Crippen molar-refractivity contribution >= 4 is 30.5 Å². The summed E-state index contributed by atoms with van der Waals surface area (Å²) in [6, 6.07) is 59.2. The smallest absolute Gasteiger partial charge is 0.245 e. The highest BCUT2D eigenvalue weighted by atomic mass is 32.2. The molecular formula is C58H77N7O6S. The van der Waals surface area contributed by atoms with Crippen LogP contribution in [0.5, 0.6) is 0 Å². The van der Waals surface area contributed by atoms with E-state index in [0.29, 0.717) is 70.5 Å². The molecule has 13 nitrogen and oxygen atoms in total. The number of carbonyl (C=O) groups is 3. The van der Waals surface area contributed by atoms with E-state index in [-0.39, 0.29) is 30.5 Å². The van der Waals surface area contributed by atoms with Crippen LogP contribution in [0.25, 0.3) is 0 Å². The van der Waals surface area contributed by atoms with Crippen LogP contribution in [-0.2, 0) is 68.0 Å². The Morgan fingerprint density at radius 1 is 0.500 bits per heavy atom. The van der Waals surface area contributed by atoms with E-state index < -0.39 is 0 Å². The lowest BCUT2D eigenvalue weighted by molar-refractivity contribution is -0.179. The predicted molar refractivity (Wildman–Crippen MR) is 292 cm³/mol. The molecule has 0 aliphatic rings. The third-order valence-electron chi connectivity index (χ3n) is 10.4. The second-order valence-corrected chi connectivity index (χ2v) is 18.5. The number of hydroxylamine groups is 5. The first-order valence-electron chi connectivity index (χ1n) is 24.3. The average Bonchev–Trinajstić information content (AvgIpc) is 3.38. The Bertz CT molecular complexity index is 2260. The van der Waals surface area contributed by atoms with Crippen molar-refractivity contribution in [1.82, 2.24) is 15.6 Å². The number of hydrogen-bond donors (Lipinski definition) is 5. The molecule has 0 radical (unpaired) electrons. The van der Waals surface area contributed by atoms with Gasteiger partial charge in [0.15, 0.2) is 0 Å². The molecule has 386 valence electrons. The molecule has 9 N–H and O–H groups in total. The van der Waals surface area contributed by atoms with Crippen LogP contribution in [0.3, 0.4) is 0 Å². The zero-order valence-electron chi connectivity index (χ0n) is 42.2. The minimum absolute atomic E-state index is 0.0500. The first-order chi connectivity index (χ1) is 35.0. The van der Waals surface area contributed by atoms with Crippen LogP contribution in [-0.4, -0.2) is 78.1 Å². The van der Waals surface area contributed by atoms with Crippen LogP contribution in [0.4, 0.5) is 0 Å². The van der Waals surface area contributed by atoms with Crippen molar-refractivity contribution in [2.45, 2.75) is 89.9 Å². The number of amides is 3. The quantitative estimate of drug-likeness (QED) is 0.0246. The van der Waals surface area contributed by atoms with Crippen molar-refractivity contribution in [1.29, 1.82) is 0 Å². The molecule has 72 heavy (non-hydrogen) atoms. The fourth-order valence-corrected chi connectivity index (χ4v) is 7.62. The summed E-state index contributed by atoms with van der Waals surface area (Å²) in [7, 11) is 0. The summed E-state index contributed by atoms with van der Waals surface area (Å²) < 4.78 is 0. The molecule has 14 heteroatoms. The topological polar surface area (TPSA) is 201 Å². The van der Waals surface area contributed by atoms with Crippen LogP contribution >= 0.6 is 11.8 Å². The third kappa shape index (κ3) is 29.2. The highest BCUT2D eigenvalue weighted by Gasteiger charge is 2.13. The lowest BCUT2D eigenvalue weighted by Crippen LogP contribution is -2.38. The minimum atomic E-state index is -0.215. The maximum Gasteiger partial charge on any atom is 0.245 e. The van der Waals surface area contributed by atoms with E-state index in [1.807, 2.05) is 158 Å². The lowest BCUT2D eigenvalue weighted by atomic mass is 10.0. The van der Waals surface area contributed by atoms with E-state index >= 15 is 0 Å². The molecule has 0 aliphatic heterocycles. The van der Waals surface area contributed by atoms with E-state index in [1.165, 1.54) is 15.7 Å². The maximum atomic E-state index is 11.7. The molecular weight excluding hydrogens is 923 g/mol. The summed E-state index contributed by atoms with van der Waals surface area (Å²) in [4.78, 5) is 49.7. The van der Waals surface area contributed by atoms with Gasteiger partial charge in [-0.15, -0.1) is 0 Å². The van der Waals surface area contributed by atoms with Crippen LogP contribution in [0.2, 0.25) is 0 Å². The van der Waals surface area contributed by atoms with Gasteiger partial charge in [-0.3, -0.25) is 28.9 Å². The molecule has 6 aromatic carbocycles. The van der Waals surface area contributed by atoms with E-state index in [2.05, 4.69) is 49.8 Å². The van der Waals surface area contributed by atoms with Crippen molar-refractivity contribution in [2.24, 2.45) is 28.9 Å². The van der Waals surface area contributed by atoms with Gasteiger partial charge in [0, 0.05) is 36.3 Å². The molecule has 0 saturated carbocycles. The molecule has 0 heterocycles. The van der Waals surface area contributed by atoms with E-state index in [1.54, 1.807) is 11.8 Å². The van der Waals surface area contributed by atoms with Gasteiger partial charge in [0.2, 0.25) is 18.7 Å². The van der Waals surface area contributed by atoms with Gasteiger partial charge < -0.3 is 22.9 Å². The Hall–Kier alpha value is -6.20. The molecule has 0 spiro atoms. The van der Waals surface area contributed by atoms with Gasteiger partial charge in [-0.1, -0.05) is 196 Å². The summed E-state index contributed by atoms with van der Waals surface area (Å²) in [5.74, 6) is 1.35. The highest BCUT2D eigenvalue weighted by Crippen LogP contribution is 2.10. The van der Waals surface area contributed by atoms with Crippen molar-refractivity contribution < 1.29 is 28.9 Å². The molecule has 6 rings (SSSR count). The molecule has 0 aliphatic carbocycles. The molecule has 0 bridgehead atoms. The summed E-state index contributed by atoms with van der Waals surface area (Å²) in [6.45, 7) is 6.09. The summed E-state index contributed by atoms with van der Waals surface area (Å²) in [6.07, 6.45) is 6.93. The number of nitrogens with one attached hydrogen (secondary N) is 1. The number of hydrogen-bond acceptors (Lipinski definition) is 11. The number of rotatable bonds is 27. The van der Waals surface area contributed by atoms with Gasteiger partial charge in [0.25, 0.3) is 0 Å². The van der Waals surface area contributed by atoms with Gasteiger partial charge in [-0.2, -0.15) is 11.8 Å². The predicted octanol–water partition coefficient (Wildman–Crippen LogP) is 8.21. The number of carbonyl (C=O) groups excluding carboxylic acids is 3. The highest BCUT2D eigenvalue weighted by molar-refractivity contribution is 7.98. The fourth-order valence-electron chi connectivity index (χ4n) is 7.07. The Labute approximate surface area is 432 Å². The molecule has 3 amide bonds. The van der Waals surface area contributed by atoms with Crippen LogP contribution in [0.1, 0.15) is 60.1 Å². The molecule has 0 saturated heterocycles. The van der Waals surface area contributed by atoms with Crippen molar-refractivity contribution in [3.05, 3.63) is 215 Å². The van der Waals surface area contributed by atoms with Crippen LogP contribution < -0.4 is 28.4 Å². The molecule has 4 atom stereocenters. The number of nitrogens with two attached hydrogens (primary N) is 4. The fraction of sp³-hybridized carbons (Fsp3) is 0.328. The minimum Gasteiger partial charge on any atom is -0.327 e. The van der Waals surface area contributed by atoms with Gasteiger partial charge in [-0.05, 0) is 71.2 Å². The SMILES string of the molecule is CC(C)CC(N)CN(C=O)OCc1ccccc1.CSCC(N)Cc1ccccc1.NC(CC(=O)NOCc1ccccc1)Cc1ccccc1.NC(Cc1ccccc1)CN(C=O)OCc1ccccc1. The molecule has 4 unspecified atom stereocenters. The van der Waals surface area contributed by atoms with Gasteiger partial charge in [0.05, 0.1) is 19.7 Å². The summed E-state index contributed by atoms with van der Waals surface area (Å²) >= 11 is 1.80. The van der Waals surface area contributed by atoms with Gasteiger partial charge >= 0.3 is 0 Å². The summed E-state index contributed by atoms with van der Waals surface area (Å²) in [5.41, 5.74) is 33.0. The second kappa shape index (κ2) is 37.6. The van der Waals surface area contributed by atoms with Crippen molar-refractivity contribution in [3.8, 4) is 0 Å². The van der Waals surface area contributed by atoms with E-state index in [0.717, 1.165) is 46.4 Å². The normalized spacial score (nSPS) is 12.2.